The molecule has 1 aliphatic rings. The summed E-state index contributed by atoms with van der Waals surface area (Å²) < 4.78 is 1.94. The Labute approximate surface area is 82.6 Å². The summed E-state index contributed by atoms with van der Waals surface area (Å²) in [5.41, 5.74) is 0. The number of imidazole rings is 1. The Hall–Kier alpha value is -0.910. The summed E-state index contributed by atoms with van der Waals surface area (Å²) in [5.74, 6) is 0.950. The van der Waals surface area contributed by atoms with E-state index in [1.54, 1.807) is 6.20 Å². The Balaban J connectivity index is 1.97. The fourth-order valence-electron chi connectivity index (χ4n) is 1.72. The van der Waals surface area contributed by atoms with E-state index < -0.39 is 12.2 Å². The second kappa shape index (κ2) is 3.68. The molecule has 2 atom stereocenters. The van der Waals surface area contributed by atoms with Crippen molar-refractivity contribution in [2.75, 3.05) is 13.1 Å². The lowest BCUT2D eigenvalue weighted by atomic mass is 10.3. The minimum absolute atomic E-state index is 0.522. The van der Waals surface area contributed by atoms with Crippen molar-refractivity contribution in [3.05, 3.63) is 18.2 Å². The Morgan fingerprint density at radius 1 is 1.43 bits per heavy atom. The topological polar surface area (TPSA) is 61.5 Å². The van der Waals surface area contributed by atoms with Crippen LogP contribution in [-0.2, 0) is 13.6 Å². The number of β-amino-alcohol motifs (C(OH)–C–C–N with tert-alkyl or cyclic N) is 2. The fourth-order valence-corrected chi connectivity index (χ4v) is 1.72. The van der Waals surface area contributed by atoms with E-state index in [2.05, 4.69) is 4.98 Å². The zero-order valence-electron chi connectivity index (χ0n) is 8.17. The van der Waals surface area contributed by atoms with Gasteiger partial charge in [-0.15, -0.1) is 0 Å². The van der Waals surface area contributed by atoms with E-state index in [9.17, 15) is 10.2 Å². The van der Waals surface area contributed by atoms with Gasteiger partial charge in [-0.3, -0.25) is 4.90 Å². The fraction of sp³-hybridized carbons (Fsp3) is 0.667. The van der Waals surface area contributed by atoms with E-state index >= 15 is 0 Å². The molecular formula is C9H15N3O2. The summed E-state index contributed by atoms with van der Waals surface area (Å²) in [6, 6.07) is 0. The van der Waals surface area contributed by atoms with Crippen molar-refractivity contribution in [2.45, 2.75) is 18.8 Å². The lowest BCUT2D eigenvalue weighted by Gasteiger charge is -2.13. The number of hydrogen-bond acceptors (Lipinski definition) is 4. The quantitative estimate of drug-likeness (QED) is 0.635. The molecule has 0 aliphatic carbocycles. The first-order valence-corrected chi connectivity index (χ1v) is 4.71. The van der Waals surface area contributed by atoms with Crippen LogP contribution in [-0.4, -0.2) is 50.0 Å². The SMILES string of the molecule is Cn1ccnc1CN1CC(O)C(O)C1. The van der Waals surface area contributed by atoms with Crippen molar-refractivity contribution < 1.29 is 10.2 Å². The third kappa shape index (κ3) is 1.79. The molecule has 0 saturated carbocycles. The molecule has 2 unspecified atom stereocenters. The van der Waals surface area contributed by atoms with Gasteiger partial charge in [0.1, 0.15) is 5.82 Å². The molecule has 2 heterocycles. The Morgan fingerprint density at radius 3 is 2.57 bits per heavy atom. The van der Waals surface area contributed by atoms with Crippen molar-refractivity contribution in [3.63, 3.8) is 0 Å². The molecule has 2 rings (SSSR count). The van der Waals surface area contributed by atoms with Crippen molar-refractivity contribution in [1.82, 2.24) is 14.5 Å². The maximum Gasteiger partial charge on any atom is 0.122 e. The summed E-state index contributed by atoms with van der Waals surface area (Å²) in [6.07, 6.45) is 2.40. The summed E-state index contributed by atoms with van der Waals surface area (Å²) in [6.45, 7) is 1.72. The van der Waals surface area contributed by atoms with Crippen molar-refractivity contribution >= 4 is 0 Å². The molecule has 0 spiro atoms. The standard InChI is InChI=1S/C9H15N3O2/c1-11-3-2-10-9(11)6-12-4-7(13)8(14)5-12/h2-3,7-8,13-14H,4-6H2,1H3. The van der Waals surface area contributed by atoms with Gasteiger partial charge in [0, 0.05) is 32.5 Å². The highest BCUT2D eigenvalue weighted by atomic mass is 16.3. The number of aryl methyl sites for hydroxylation is 1. The predicted octanol–water partition coefficient (Wildman–Crippen LogP) is -1.04. The minimum atomic E-state index is -0.615. The van der Waals surface area contributed by atoms with Gasteiger partial charge in [0.2, 0.25) is 0 Å². The zero-order chi connectivity index (χ0) is 10.1. The van der Waals surface area contributed by atoms with Gasteiger partial charge in [-0.05, 0) is 0 Å². The van der Waals surface area contributed by atoms with Crippen LogP contribution < -0.4 is 0 Å². The average molecular weight is 197 g/mol. The number of nitrogens with zero attached hydrogens (tertiary/aromatic N) is 3. The van der Waals surface area contributed by atoms with Crippen LogP contribution in [0.2, 0.25) is 0 Å². The van der Waals surface area contributed by atoms with E-state index in [1.807, 2.05) is 22.7 Å². The van der Waals surface area contributed by atoms with Gasteiger partial charge in [-0.1, -0.05) is 0 Å². The largest absolute Gasteiger partial charge is 0.389 e. The minimum Gasteiger partial charge on any atom is -0.389 e. The zero-order valence-corrected chi connectivity index (χ0v) is 8.17. The summed E-state index contributed by atoms with van der Waals surface area (Å²) in [7, 11) is 1.94. The third-order valence-corrected chi connectivity index (χ3v) is 2.62. The smallest absolute Gasteiger partial charge is 0.122 e. The molecule has 5 nitrogen and oxygen atoms in total. The molecule has 5 heteroatoms. The van der Waals surface area contributed by atoms with E-state index in [-0.39, 0.29) is 0 Å². The van der Waals surface area contributed by atoms with E-state index in [0.717, 1.165) is 5.82 Å². The van der Waals surface area contributed by atoms with Gasteiger partial charge in [0.25, 0.3) is 0 Å². The summed E-state index contributed by atoms with van der Waals surface area (Å²) in [4.78, 5) is 6.19. The maximum atomic E-state index is 9.35. The monoisotopic (exact) mass is 197 g/mol. The highest BCUT2D eigenvalue weighted by Gasteiger charge is 2.29. The molecule has 1 aromatic heterocycles. The summed E-state index contributed by atoms with van der Waals surface area (Å²) >= 11 is 0. The van der Waals surface area contributed by atoms with Gasteiger partial charge in [0.05, 0.1) is 18.8 Å². The summed E-state index contributed by atoms with van der Waals surface area (Å²) in [5, 5.41) is 18.7. The van der Waals surface area contributed by atoms with Gasteiger partial charge < -0.3 is 14.8 Å². The van der Waals surface area contributed by atoms with Crippen LogP contribution in [0.1, 0.15) is 5.82 Å². The third-order valence-electron chi connectivity index (χ3n) is 2.62. The molecule has 14 heavy (non-hydrogen) atoms. The number of likely N-dealkylation sites (tertiary alicyclic amines) is 1. The lowest BCUT2D eigenvalue weighted by Crippen LogP contribution is -2.23. The first-order valence-electron chi connectivity index (χ1n) is 4.71. The number of rotatable bonds is 2. The van der Waals surface area contributed by atoms with Crippen LogP contribution in [0.15, 0.2) is 12.4 Å². The number of aromatic nitrogens is 2. The second-order valence-electron chi connectivity index (χ2n) is 3.78. The van der Waals surface area contributed by atoms with Crippen LogP contribution in [0.4, 0.5) is 0 Å². The number of aliphatic hydroxyl groups excluding tert-OH is 2. The Bertz CT molecular complexity index is 303. The Morgan fingerprint density at radius 2 is 2.07 bits per heavy atom. The molecule has 1 aromatic rings. The molecule has 0 aromatic carbocycles. The van der Waals surface area contributed by atoms with Crippen molar-refractivity contribution in [1.29, 1.82) is 0 Å². The van der Waals surface area contributed by atoms with Crippen molar-refractivity contribution in [3.8, 4) is 0 Å². The molecule has 1 fully saturated rings. The van der Waals surface area contributed by atoms with Crippen LogP contribution in [0.25, 0.3) is 0 Å². The maximum absolute atomic E-state index is 9.35. The molecule has 2 N–H and O–H groups in total. The van der Waals surface area contributed by atoms with Gasteiger partial charge in [0.15, 0.2) is 0 Å². The molecule has 1 saturated heterocycles. The molecular weight excluding hydrogens is 182 g/mol. The molecule has 1 aliphatic heterocycles. The highest BCUT2D eigenvalue weighted by molar-refractivity contribution is 4.93. The lowest BCUT2D eigenvalue weighted by molar-refractivity contribution is 0.0572. The molecule has 0 amide bonds. The first kappa shape index (κ1) is 9.64. The highest BCUT2D eigenvalue weighted by Crippen LogP contribution is 2.12. The second-order valence-corrected chi connectivity index (χ2v) is 3.78. The van der Waals surface area contributed by atoms with Gasteiger partial charge >= 0.3 is 0 Å². The molecule has 78 valence electrons. The van der Waals surface area contributed by atoms with Crippen LogP contribution >= 0.6 is 0 Å². The van der Waals surface area contributed by atoms with E-state index in [0.29, 0.717) is 19.6 Å². The van der Waals surface area contributed by atoms with Gasteiger partial charge in [-0.2, -0.15) is 0 Å². The van der Waals surface area contributed by atoms with Crippen LogP contribution in [0.5, 0.6) is 0 Å². The molecule has 0 bridgehead atoms. The first-order chi connectivity index (χ1) is 6.66. The average Bonchev–Trinajstić information content (AvgIpc) is 2.63. The number of hydrogen-bond donors (Lipinski definition) is 2. The predicted molar refractivity (Wildman–Crippen MR) is 50.5 cm³/mol. The number of aliphatic hydroxyl groups is 2. The van der Waals surface area contributed by atoms with E-state index in [1.165, 1.54) is 0 Å². The molecule has 0 radical (unpaired) electrons. The van der Waals surface area contributed by atoms with Crippen LogP contribution in [0.3, 0.4) is 0 Å². The normalized spacial score (nSPS) is 28.5. The van der Waals surface area contributed by atoms with Crippen LogP contribution in [0, 0.1) is 0 Å². The van der Waals surface area contributed by atoms with Gasteiger partial charge in [-0.25, -0.2) is 4.98 Å². The Kier molecular flexibility index (Phi) is 2.54. The van der Waals surface area contributed by atoms with E-state index in [4.69, 9.17) is 0 Å². The van der Waals surface area contributed by atoms with Crippen molar-refractivity contribution in [2.24, 2.45) is 7.05 Å².